The molecule has 0 N–H and O–H groups in total. The first-order chi connectivity index (χ1) is 8.88. The van der Waals surface area contributed by atoms with Crippen LogP contribution >= 0.6 is 0 Å². The maximum absolute atomic E-state index is 12.4. The van der Waals surface area contributed by atoms with Crippen LogP contribution in [0.15, 0.2) is 30.3 Å². The molecule has 2 rings (SSSR count). The summed E-state index contributed by atoms with van der Waals surface area (Å²) in [5, 5.41) is 0. The normalized spacial score (nSPS) is 16.2. The van der Waals surface area contributed by atoms with E-state index in [4.69, 9.17) is 0 Å². The highest BCUT2D eigenvalue weighted by Crippen LogP contribution is 2.31. The Kier molecular flexibility index (Phi) is 3.64. The summed E-state index contributed by atoms with van der Waals surface area (Å²) in [5.41, 5.74) is 1.14. The minimum atomic E-state index is -4.30. The largest absolute Gasteiger partial charge is 0.416 e. The fraction of sp³-hybridized carbons (Fsp3) is 0.357. The third kappa shape index (κ3) is 3.16. The number of carbonyl (C=O) groups excluding carboxylic acids is 1. The zero-order chi connectivity index (χ0) is 14.0. The van der Waals surface area contributed by atoms with Crippen LogP contribution in [0, 0.1) is 0 Å². The lowest BCUT2D eigenvalue weighted by molar-refractivity contribution is -0.137. The molecule has 0 spiro atoms. The van der Waals surface area contributed by atoms with Crippen molar-refractivity contribution in [3.05, 3.63) is 41.5 Å². The molecule has 0 radical (unpaired) electrons. The number of halogens is 3. The summed E-state index contributed by atoms with van der Waals surface area (Å²) in [6.07, 6.45) is -1.73. The molecule has 0 aliphatic carbocycles. The van der Waals surface area contributed by atoms with Gasteiger partial charge in [-0.1, -0.05) is 18.2 Å². The van der Waals surface area contributed by atoms with E-state index in [0.717, 1.165) is 23.3 Å². The first-order valence-electron chi connectivity index (χ1n) is 6.00. The van der Waals surface area contributed by atoms with Crippen LogP contribution < -0.4 is 0 Å². The predicted molar refractivity (Wildman–Crippen MR) is 66.3 cm³/mol. The quantitative estimate of drug-likeness (QED) is 0.765. The first-order valence-corrected chi connectivity index (χ1v) is 6.00. The van der Waals surface area contributed by atoms with E-state index in [1.165, 1.54) is 19.1 Å². The van der Waals surface area contributed by atoms with E-state index in [2.05, 4.69) is 0 Å². The molecule has 0 saturated heterocycles. The SMILES string of the molecule is CC(=O)N1CC=C(c2ccc(C(F)(F)F)cc2)CC1. The van der Waals surface area contributed by atoms with Crippen LogP contribution in [-0.4, -0.2) is 23.9 Å². The van der Waals surface area contributed by atoms with Gasteiger partial charge in [0.15, 0.2) is 0 Å². The Morgan fingerprint density at radius 1 is 1.21 bits per heavy atom. The maximum atomic E-state index is 12.4. The predicted octanol–water partition coefficient (Wildman–Crippen LogP) is 3.34. The average Bonchev–Trinajstić information content (AvgIpc) is 2.38. The van der Waals surface area contributed by atoms with Crippen LogP contribution in [0.4, 0.5) is 13.2 Å². The smallest absolute Gasteiger partial charge is 0.339 e. The molecule has 1 aliphatic rings. The third-order valence-electron chi connectivity index (χ3n) is 3.24. The molecule has 1 amide bonds. The molecule has 0 unspecified atom stereocenters. The summed E-state index contributed by atoms with van der Waals surface area (Å²) in [4.78, 5) is 12.9. The third-order valence-corrected chi connectivity index (χ3v) is 3.24. The zero-order valence-electron chi connectivity index (χ0n) is 10.5. The van der Waals surface area contributed by atoms with Crippen LogP contribution in [0.3, 0.4) is 0 Å². The Balaban J connectivity index is 2.14. The molecular formula is C14H14F3NO. The van der Waals surface area contributed by atoms with Gasteiger partial charge in [0, 0.05) is 20.0 Å². The van der Waals surface area contributed by atoms with Gasteiger partial charge in [-0.3, -0.25) is 4.79 Å². The van der Waals surface area contributed by atoms with E-state index in [0.29, 0.717) is 19.5 Å². The number of rotatable bonds is 1. The molecule has 0 fully saturated rings. The van der Waals surface area contributed by atoms with Crippen molar-refractivity contribution in [1.29, 1.82) is 0 Å². The van der Waals surface area contributed by atoms with Crippen molar-refractivity contribution in [1.82, 2.24) is 4.90 Å². The lowest BCUT2D eigenvalue weighted by Gasteiger charge is -2.25. The number of benzene rings is 1. The second-order valence-corrected chi connectivity index (χ2v) is 4.52. The molecule has 0 saturated carbocycles. The molecule has 1 aliphatic heterocycles. The Bertz CT molecular complexity index is 502. The number of hydrogen-bond acceptors (Lipinski definition) is 1. The summed E-state index contributed by atoms with van der Waals surface area (Å²) >= 11 is 0. The lowest BCUT2D eigenvalue weighted by Crippen LogP contribution is -2.32. The molecule has 0 bridgehead atoms. The van der Waals surface area contributed by atoms with Gasteiger partial charge in [0.05, 0.1) is 5.56 Å². The molecule has 1 heterocycles. The Labute approximate surface area is 109 Å². The summed E-state index contributed by atoms with van der Waals surface area (Å²) in [6.45, 7) is 2.64. The average molecular weight is 269 g/mol. The topological polar surface area (TPSA) is 20.3 Å². The van der Waals surface area contributed by atoms with Crippen molar-refractivity contribution >= 4 is 11.5 Å². The van der Waals surface area contributed by atoms with E-state index in [1.807, 2.05) is 6.08 Å². The van der Waals surface area contributed by atoms with E-state index in [9.17, 15) is 18.0 Å². The van der Waals surface area contributed by atoms with Crippen molar-refractivity contribution in [3.63, 3.8) is 0 Å². The molecule has 2 nitrogen and oxygen atoms in total. The van der Waals surface area contributed by atoms with Crippen LogP contribution in [0.2, 0.25) is 0 Å². The molecular weight excluding hydrogens is 255 g/mol. The van der Waals surface area contributed by atoms with Gasteiger partial charge in [-0.15, -0.1) is 0 Å². The van der Waals surface area contributed by atoms with E-state index in [1.54, 1.807) is 4.90 Å². The van der Waals surface area contributed by atoms with Crippen molar-refractivity contribution in [3.8, 4) is 0 Å². The van der Waals surface area contributed by atoms with Gasteiger partial charge in [0.25, 0.3) is 0 Å². The van der Waals surface area contributed by atoms with Gasteiger partial charge >= 0.3 is 6.18 Å². The summed E-state index contributed by atoms with van der Waals surface area (Å²) in [6, 6.07) is 5.15. The van der Waals surface area contributed by atoms with Gasteiger partial charge in [0.1, 0.15) is 0 Å². The Hall–Kier alpha value is -1.78. The Morgan fingerprint density at radius 2 is 1.84 bits per heavy atom. The minimum absolute atomic E-state index is 0.0164. The highest BCUT2D eigenvalue weighted by molar-refractivity contribution is 5.76. The summed E-state index contributed by atoms with van der Waals surface area (Å²) < 4.78 is 37.3. The molecule has 1 aromatic carbocycles. The highest BCUT2D eigenvalue weighted by Gasteiger charge is 2.30. The lowest BCUT2D eigenvalue weighted by atomic mass is 9.98. The van der Waals surface area contributed by atoms with Crippen LogP contribution in [0.5, 0.6) is 0 Å². The molecule has 0 atom stereocenters. The Morgan fingerprint density at radius 3 is 2.26 bits per heavy atom. The molecule has 19 heavy (non-hydrogen) atoms. The molecule has 0 aromatic heterocycles. The van der Waals surface area contributed by atoms with Gasteiger partial charge in [-0.05, 0) is 29.7 Å². The van der Waals surface area contributed by atoms with Crippen molar-refractivity contribution < 1.29 is 18.0 Å². The van der Waals surface area contributed by atoms with Gasteiger partial charge in [0.2, 0.25) is 5.91 Å². The van der Waals surface area contributed by atoms with Gasteiger partial charge < -0.3 is 4.90 Å². The van der Waals surface area contributed by atoms with Crippen molar-refractivity contribution in [2.75, 3.05) is 13.1 Å². The second kappa shape index (κ2) is 5.07. The van der Waals surface area contributed by atoms with Crippen molar-refractivity contribution in [2.24, 2.45) is 0 Å². The zero-order valence-corrected chi connectivity index (χ0v) is 10.5. The molecule has 102 valence electrons. The van der Waals surface area contributed by atoms with Crippen molar-refractivity contribution in [2.45, 2.75) is 19.5 Å². The standard InChI is InChI=1S/C14H14F3NO/c1-10(19)18-8-6-12(7-9-18)11-2-4-13(5-3-11)14(15,16)17/h2-6H,7-9H2,1H3. The number of hydrogen-bond donors (Lipinski definition) is 0. The van der Waals surface area contributed by atoms with Crippen LogP contribution in [-0.2, 0) is 11.0 Å². The number of carbonyl (C=O) groups is 1. The first kappa shape index (κ1) is 13.6. The van der Waals surface area contributed by atoms with Crippen LogP contribution in [0.1, 0.15) is 24.5 Å². The molecule has 5 heteroatoms. The molecule has 1 aromatic rings. The highest BCUT2D eigenvalue weighted by atomic mass is 19.4. The van der Waals surface area contributed by atoms with Crippen LogP contribution in [0.25, 0.3) is 5.57 Å². The number of alkyl halides is 3. The van der Waals surface area contributed by atoms with Gasteiger partial charge in [-0.2, -0.15) is 13.2 Å². The van der Waals surface area contributed by atoms with E-state index < -0.39 is 11.7 Å². The number of nitrogens with zero attached hydrogens (tertiary/aromatic N) is 1. The summed E-state index contributed by atoms with van der Waals surface area (Å²) in [5.74, 6) is 0.0164. The van der Waals surface area contributed by atoms with E-state index >= 15 is 0 Å². The second-order valence-electron chi connectivity index (χ2n) is 4.52. The minimum Gasteiger partial charge on any atom is -0.339 e. The summed E-state index contributed by atoms with van der Waals surface area (Å²) in [7, 11) is 0. The fourth-order valence-electron chi connectivity index (χ4n) is 2.09. The van der Waals surface area contributed by atoms with E-state index in [-0.39, 0.29) is 5.91 Å². The maximum Gasteiger partial charge on any atom is 0.416 e. The monoisotopic (exact) mass is 269 g/mol. The van der Waals surface area contributed by atoms with Gasteiger partial charge in [-0.25, -0.2) is 0 Å². The fourth-order valence-corrected chi connectivity index (χ4v) is 2.09. The number of amides is 1.